The van der Waals surface area contributed by atoms with Gasteiger partial charge in [0.25, 0.3) is 6.43 Å². The maximum absolute atomic E-state index is 12.2. The van der Waals surface area contributed by atoms with Gasteiger partial charge in [0.2, 0.25) is 0 Å². The number of alkyl halides is 2. The zero-order valence-corrected chi connectivity index (χ0v) is 9.08. The monoisotopic (exact) mass is 241 g/mol. The standard InChI is InChI=1S/C11H9F2NOS/c12-11(13)10-6-4-8(14-15-10)3-5-9-2-1-7-16-9/h1-3,5-7,11H,4H2/b5-3+. The molecule has 1 aromatic rings. The molecule has 0 radical (unpaired) electrons. The highest BCUT2D eigenvalue weighted by molar-refractivity contribution is 7.10. The van der Waals surface area contributed by atoms with Crippen LogP contribution in [0.1, 0.15) is 11.3 Å². The highest BCUT2D eigenvalue weighted by Crippen LogP contribution is 2.17. The molecule has 16 heavy (non-hydrogen) atoms. The Labute approximate surface area is 95.5 Å². The van der Waals surface area contributed by atoms with Crippen LogP contribution in [-0.2, 0) is 4.84 Å². The lowest BCUT2D eigenvalue weighted by Gasteiger charge is -2.09. The van der Waals surface area contributed by atoms with Gasteiger partial charge in [-0.3, -0.25) is 0 Å². The molecule has 2 rings (SSSR count). The molecule has 0 aromatic carbocycles. The molecule has 1 aliphatic rings. The van der Waals surface area contributed by atoms with E-state index in [9.17, 15) is 8.78 Å². The van der Waals surface area contributed by atoms with Crippen LogP contribution in [0.25, 0.3) is 6.08 Å². The van der Waals surface area contributed by atoms with Gasteiger partial charge < -0.3 is 4.84 Å². The van der Waals surface area contributed by atoms with Crippen molar-refractivity contribution >= 4 is 23.1 Å². The van der Waals surface area contributed by atoms with Crippen molar-refractivity contribution in [3.8, 4) is 0 Å². The van der Waals surface area contributed by atoms with Crippen molar-refractivity contribution in [3.63, 3.8) is 0 Å². The molecular weight excluding hydrogens is 232 g/mol. The molecule has 2 nitrogen and oxygen atoms in total. The van der Waals surface area contributed by atoms with Crippen LogP contribution in [0.15, 0.2) is 40.6 Å². The summed E-state index contributed by atoms with van der Waals surface area (Å²) in [4.78, 5) is 5.66. The summed E-state index contributed by atoms with van der Waals surface area (Å²) in [6, 6.07) is 3.91. The maximum atomic E-state index is 12.2. The van der Waals surface area contributed by atoms with Crippen LogP contribution < -0.4 is 0 Å². The van der Waals surface area contributed by atoms with Crippen molar-refractivity contribution in [1.82, 2.24) is 0 Å². The van der Waals surface area contributed by atoms with E-state index in [-0.39, 0.29) is 5.76 Å². The number of rotatable bonds is 3. The molecule has 1 aromatic heterocycles. The second kappa shape index (κ2) is 5.03. The van der Waals surface area contributed by atoms with Gasteiger partial charge in [-0.1, -0.05) is 11.2 Å². The molecule has 0 atom stereocenters. The van der Waals surface area contributed by atoms with Crippen LogP contribution in [0.5, 0.6) is 0 Å². The molecule has 0 bridgehead atoms. The van der Waals surface area contributed by atoms with Gasteiger partial charge in [-0.15, -0.1) is 11.3 Å². The van der Waals surface area contributed by atoms with E-state index in [4.69, 9.17) is 0 Å². The molecule has 1 aliphatic heterocycles. The molecule has 0 saturated carbocycles. The van der Waals surface area contributed by atoms with Gasteiger partial charge in [-0.25, -0.2) is 8.78 Å². The summed E-state index contributed by atoms with van der Waals surface area (Å²) in [5.41, 5.74) is 0.637. The number of oxime groups is 1. The van der Waals surface area contributed by atoms with Crippen LogP contribution in [-0.4, -0.2) is 12.1 Å². The van der Waals surface area contributed by atoms with E-state index < -0.39 is 6.43 Å². The molecule has 5 heteroatoms. The van der Waals surface area contributed by atoms with Crippen molar-refractivity contribution < 1.29 is 13.6 Å². The highest BCUT2D eigenvalue weighted by atomic mass is 32.1. The van der Waals surface area contributed by atoms with Crippen LogP contribution in [0.3, 0.4) is 0 Å². The van der Waals surface area contributed by atoms with Crippen LogP contribution in [0.2, 0.25) is 0 Å². The summed E-state index contributed by atoms with van der Waals surface area (Å²) < 4.78 is 24.4. The Morgan fingerprint density at radius 1 is 1.44 bits per heavy atom. The minimum atomic E-state index is -2.59. The molecule has 2 heterocycles. The van der Waals surface area contributed by atoms with E-state index in [2.05, 4.69) is 9.99 Å². The zero-order chi connectivity index (χ0) is 11.4. The normalized spacial score (nSPS) is 16.2. The summed E-state index contributed by atoms with van der Waals surface area (Å²) in [5, 5.41) is 5.58. The zero-order valence-electron chi connectivity index (χ0n) is 8.27. The molecule has 84 valence electrons. The van der Waals surface area contributed by atoms with E-state index in [1.807, 2.05) is 23.6 Å². The SMILES string of the molecule is FC(F)C1=CCC(/C=C/c2cccs2)=NO1. The van der Waals surface area contributed by atoms with E-state index in [0.717, 1.165) is 4.88 Å². The van der Waals surface area contributed by atoms with Gasteiger partial charge in [0.1, 0.15) is 0 Å². The second-order valence-corrected chi connectivity index (χ2v) is 4.11. The number of hydrogen-bond donors (Lipinski definition) is 0. The molecule has 0 aliphatic carbocycles. The predicted molar refractivity (Wildman–Crippen MR) is 60.6 cm³/mol. The Balaban J connectivity index is 1.95. The Morgan fingerprint density at radius 2 is 2.31 bits per heavy atom. The van der Waals surface area contributed by atoms with Crippen LogP contribution >= 0.6 is 11.3 Å². The predicted octanol–water partition coefficient (Wildman–Crippen LogP) is 3.69. The summed E-state index contributed by atoms with van der Waals surface area (Å²) >= 11 is 1.60. The number of hydrogen-bond acceptors (Lipinski definition) is 3. The second-order valence-electron chi connectivity index (χ2n) is 3.13. The fourth-order valence-corrected chi connectivity index (χ4v) is 1.80. The Bertz CT molecular complexity index is 435. The lowest BCUT2D eigenvalue weighted by Crippen LogP contribution is -2.07. The minimum absolute atomic E-state index is 0.367. The molecule has 0 spiro atoms. The van der Waals surface area contributed by atoms with E-state index in [1.165, 1.54) is 6.08 Å². The smallest absolute Gasteiger partial charge is 0.297 e. The topological polar surface area (TPSA) is 21.6 Å². The summed E-state index contributed by atoms with van der Waals surface area (Å²) in [5.74, 6) is -0.367. The lowest BCUT2D eigenvalue weighted by atomic mass is 10.2. The van der Waals surface area contributed by atoms with E-state index in [1.54, 1.807) is 17.4 Å². The number of nitrogens with zero attached hydrogens (tertiary/aromatic N) is 1. The van der Waals surface area contributed by atoms with E-state index in [0.29, 0.717) is 12.1 Å². The lowest BCUT2D eigenvalue weighted by molar-refractivity contribution is 0.0829. The van der Waals surface area contributed by atoms with Crippen molar-refractivity contribution in [1.29, 1.82) is 0 Å². The molecule has 0 N–H and O–H groups in total. The maximum Gasteiger partial charge on any atom is 0.297 e. The quantitative estimate of drug-likeness (QED) is 0.790. The fourth-order valence-electron chi connectivity index (χ4n) is 1.18. The van der Waals surface area contributed by atoms with Crippen molar-refractivity contribution in [3.05, 3.63) is 40.3 Å². The third-order valence-electron chi connectivity index (χ3n) is 1.98. The molecule has 0 unspecified atom stereocenters. The first-order valence-electron chi connectivity index (χ1n) is 4.69. The largest absolute Gasteiger partial charge is 0.355 e. The van der Waals surface area contributed by atoms with Crippen molar-refractivity contribution in [2.75, 3.05) is 0 Å². The summed E-state index contributed by atoms with van der Waals surface area (Å²) in [7, 11) is 0. The van der Waals surface area contributed by atoms with Gasteiger partial charge in [0, 0.05) is 11.3 Å². The molecule has 0 saturated heterocycles. The molecule has 0 amide bonds. The number of thiophene rings is 1. The van der Waals surface area contributed by atoms with Gasteiger partial charge in [-0.05, 0) is 29.7 Å². The third kappa shape index (κ3) is 2.76. The first kappa shape index (κ1) is 11.0. The molecular formula is C11H9F2NOS. The first-order chi connectivity index (χ1) is 7.75. The minimum Gasteiger partial charge on any atom is -0.355 e. The van der Waals surface area contributed by atoms with Gasteiger partial charge >= 0.3 is 0 Å². The fraction of sp³-hybridized carbons (Fsp3) is 0.182. The van der Waals surface area contributed by atoms with Gasteiger partial charge in [0.15, 0.2) is 5.76 Å². The highest BCUT2D eigenvalue weighted by Gasteiger charge is 2.16. The Morgan fingerprint density at radius 3 is 2.88 bits per heavy atom. The molecule has 0 fully saturated rings. The van der Waals surface area contributed by atoms with Crippen molar-refractivity contribution in [2.45, 2.75) is 12.8 Å². The summed E-state index contributed by atoms with van der Waals surface area (Å²) in [6.45, 7) is 0. The van der Waals surface area contributed by atoms with Crippen molar-refractivity contribution in [2.24, 2.45) is 5.16 Å². The third-order valence-corrected chi connectivity index (χ3v) is 2.82. The average Bonchev–Trinajstić information content (AvgIpc) is 2.80. The average molecular weight is 241 g/mol. The summed E-state index contributed by atoms with van der Waals surface area (Å²) in [6.07, 6.45) is 2.79. The van der Waals surface area contributed by atoms with Crippen LogP contribution in [0.4, 0.5) is 8.78 Å². The van der Waals surface area contributed by atoms with Gasteiger partial charge in [0.05, 0.1) is 5.71 Å². The van der Waals surface area contributed by atoms with Crippen LogP contribution in [0, 0.1) is 0 Å². The number of halogens is 2. The first-order valence-corrected chi connectivity index (χ1v) is 5.57. The number of allylic oxidation sites excluding steroid dienone is 3. The van der Waals surface area contributed by atoms with Gasteiger partial charge in [-0.2, -0.15) is 0 Å². The van der Waals surface area contributed by atoms with E-state index >= 15 is 0 Å². The Hall–Kier alpha value is -1.49. The Kier molecular flexibility index (Phi) is 3.46.